The smallest absolute Gasteiger partial charge is 0.343 e. The highest BCUT2D eigenvalue weighted by Crippen LogP contribution is 2.33. The Balaban J connectivity index is 3.30. The van der Waals surface area contributed by atoms with Gasteiger partial charge in [-0.05, 0) is 24.6 Å². The van der Waals surface area contributed by atoms with Gasteiger partial charge in [0.25, 0.3) is 0 Å². The molecule has 0 fully saturated rings. The number of alkyl halides is 3. The van der Waals surface area contributed by atoms with Crippen LogP contribution in [0.2, 0.25) is 0 Å². The molecule has 1 aromatic rings. The quantitative estimate of drug-likeness (QED) is 0.750. The van der Waals surface area contributed by atoms with Gasteiger partial charge in [0, 0.05) is 0 Å². The lowest BCUT2D eigenvalue weighted by molar-refractivity contribution is -0.138. The van der Waals surface area contributed by atoms with Gasteiger partial charge in [0.2, 0.25) is 0 Å². The van der Waals surface area contributed by atoms with E-state index in [9.17, 15) is 18.0 Å². The number of benzene rings is 1. The van der Waals surface area contributed by atoms with Crippen LogP contribution >= 0.6 is 11.9 Å². The first-order valence-electron chi connectivity index (χ1n) is 3.87. The SMILES string of the molecule is Cc1c(C(=O)OCl)cccc1C(F)(F)F. The molecule has 0 bridgehead atoms. The first-order valence-corrected chi connectivity index (χ1v) is 4.18. The lowest BCUT2D eigenvalue weighted by atomic mass is 10.0. The van der Waals surface area contributed by atoms with Gasteiger partial charge in [0.1, 0.15) is 11.9 Å². The Morgan fingerprint density at radius 1 is 1.40 bits per heavy atom. The van der Waals surface area contributed by atoms with Crippen molar-refractivity contribution in [3.05, 3.63) is 34.9 Å². The van der Waals surface area contributed by atoms with Crippen LogP contribution in [0.4, 0.5) is 13.2 Å². The molecule has 0 saturated carbocycles. The molecule has 0 N–H and O–H groups in total. The normalized spacial score (nSPS) is 11.3. The van der Waals surface area contributed by atoms with Crippen molar-refractivity contribution >= 4 is 17.8 Å². The maximum atomic E-state index is 12.4. The third-order valence-corrected chi connectivity index (χ3v) is 2.07. The van der Waals surface area contributed by atoms with Gasteiger partial charge in [-0.15, -0.1) is 0 Å². The van der Waals surface area contributed by atoms with Gasteiger partial charge in [-0.3, -0.25) is 0 Å². The fourth-order valence-corrected chi connectivity index (χ4v) is 1.29. The van der Waals surface area contributed by atoms with Crippen LogP contribution in [0.1, 0.15) is 21.5 Å². The first-order chi connectivity index (χ1) is 6.88. The maximum absolute atomic E-state index is 12.4. The summed E-state index contributed by atoms with van der Waals surface area (Å²) in [5, 5.41) is 0. The third-order valence-electron chi connectivity index (χ3n) is 1.93. The fourth-order valence-electron chi connectivity index (χ4n) is 1.21. The Hall–Kier alpha value is -1.23. The fraction of sp³-hybridized carbons (Fsp3) is 0.222. The summed E-state index contributed by atoms with van der Waals surface area (Å²) in [6, 6.07) is 3.23. The Kier molecular flexibility index (Phi) is 3.24. The monoisotopic (exact) mass is 238 g/mol. The molecule has 0 unspecified atom stereocenters. The first kappa shape index (κ1) is 11.8. The Bertz CT molecular complexity index is 387. The summed E-state index contributed by atoms with van der Waals surface area (Å²) < 4.78 is 41.1. The lowest BCUT2D eigenvalue weighted by Crippen LogP contribution is -2.11. The molecule has 1 aromatic carbocycles. The number of carbonyl (C=O) groups is 1. The lowest BCUT2D eigenvalue weighted by Gasteiger charge is -2.11. The average molecular weight is 239 g/mol. The van der Waals surface area contributed by atoms with E-state index < -0.39 is 17.7 Å². The third kappa shape index (κ3) is 2.41. The molecule has 6 heteroatoms. The molecular weight excluding hydrogens is 233 g/mol. The Morgan fingerprint density at radius 2 is 2.00 bits per heavy atom. The molecule has 15 heavy (non-hydrogen) atoms. The van der Waals surface area contributed by atoms with Crippen molar-refractivity contribution in [1.29, 1.82) is 0 Å². The predicted molar refractivity (Wildman–Crippen MR) is 47.4 cm³/mol. The highest BCUT2D eigenvalue weighted by molar-refractivity contribution is 6.16. The van der Waals surface area contributed by atoms with Crippen LogP contribution in [0.3, 0.4) is 0 Å². The zero-order valence-corrected chi connectivity index (χ0v) is 8.32. The van der Waals surface area contributed by atoms with Crippen LogP contribution in [0.15, 0.2) is 18.2 Å². The van der Waals surface area contributed by atoms with E-state index in [0.717, 1.165) is 12.1 Å². The molecule has 0 atom stereocenters. The van der Waals surface area contributed by atoms with Crippen LogP contribution in [-0.2, 0) is 10.5 Å². The van der Waals surface area contributed by atoms with Crippen molar-refractivity contribution in [2.45, 2.75) is 13.1 Å². The van der Waals surface area contributed by atoms with E-state index in [1.165, 1.54) is 13.0 Å². The van der Waals surface area contributed by atoms with Gasteiger partial charge >= 0.3 is 12.1 Å². The van der Waals surface area contributed by atoms with Gasteiger partial charge in [-0.2, -0.15) is 13.2 Å². The van der Waals surface area contributed by atoms with E-state index in [0.29, 0.717) is 0 Å². The van der Waals surface area contributed by atoms with Gasteiger partial charge < -0.3 is 4.29 Å². The van der Waals surface area contributed by atoms with E-state index in [1.807, 2.05) is 0 Å². The van der Waals surface area contributed by atoms with Crippen molar-refractivity contribution in [3.63, 3.8) is 0 Å². The van der Waals surface area contributed by atoms with Crippen molar-refractivity contribution in [2.75, 3.05) is 0 Å². The number of hydrogen-bond acceptors (Lipinski definition) is 2. The van der Waals surface area contributed by atoms with Gasteiger partial charge in [-0.25, -0.2) is 4.79 Å². The molecule has 0 aliphatic carbocycles. The largest absolute Gasteiger partial charge is 0.416 e. The van der Waals surface area contributed by atoms with Crippen LogP contribution < -0.4 is 0 Å². The Morgan fingerprint density at radius 3 is 2.47 bits per heavy atom. The van der Waals surface area contributed by atoms with Crippen molar-refractivity contribution < 1.29 is 22.3 Å². The summed E-state index contributed by atoms with van der Waals surface area (Å²) in [5.74, 6) is -1.000. The second-order valence-electron chi connectivity index (χ2n) is 2.84. The second kappa shape index (κ2) is 4.10. The topological polar surface area (TPSA) is 26.3 Å². The highest BCUT2D eigenvalue weighted by Gasteiger charge is 2.33. The predicted octanol–water partition coefficient (Wildman–Crippen LogP) is 3.32. The van der Waals surface area contributed by atoms with Crippen LogP contribution in [-0.4, -0.2) is 5.97 Å². The van der Waals surface area contributed by atoms with E-state index in [4.69, 9.17) is 11.9 Å². The summed E-state index contributed by atoms with van der Waals surface area (Å²) in [6.45, 7) is 1.19. The van der Waals surface area contributed by atoms with Crippen LogP contribution in [0.5, 0.6) is 0 Å². The summed E-state index contributed by atoms with van der Waals surface area (Å²) in [6.07, 6.45) is -4.49. The minimum absolute atomic E-state index is 0.195. The van der Waals surface area contributed by atoms with E-state index >= 15 is 0 Å². The zero-order chi connectivity index (χ0) is 11.6. The summed E-state index contributed by atoms with van der Waals surface area (Å²) >= 11 is 4.79. The molecule has 0 amide bonds. The van der Waals surface area contributed by atoms with Gasteiger partial charge in [0.15, 0.2) is 0 Å². The molecule has 0 aliphatic rings. The van der Waals surface area contributed by atoms with Crippen molar-refractivity contribution in [1.82, 2.24) is 0 Å². The molecule has 0 aliphatic heterocycles. The minimum Gasteiger partial charge on any atom is -0.343 e. The maximum Gasteiger partial charge on any atom is 0.416 e. The zero-order valence-electron chi connectivity index (χ0n) is 7.56. The second-order valence-corrected chi connectivity index (χ2v) is 2.99. The molecule has 0 saturated heterocycles. The van der Waals surface area contributed by atoms with Crippen LogP contribution in [0.25, 0.3) is 0 Å². The Labute approximate surface area is 88.8 Å². The van der Waals surface area contributed by atoms with E-state index in [1.54, 1.807) is 0 Å². The number of rotatable bonds is 1. The van der Waals surface area contributed by atoms with Gasteiger partial charge in [0.05, 0.1) is 11.1 Å². The van der Waals surface area contributed by atoms with Crippen molar-refractivity contribution in [3.8, 4) is 0 Å². The van der Waals surface area contributed by atoms with Gasteiger partial charge in [-0.1, -0.05) is 6.07 Å². The number of halogens is 4. The summed E-state index contributed by atoms with van der Waals surface area (Å²) in [4.78, 5) is 11.0. The van der Waals surface area contributed by atoms with Crippen molar-refractivity contribution in [2.24, 2.45) is 0 Å². The molecule has 2 nitrogen and oxygen atoms in total. The van der Waals surface area contributed by atoms with Crippen LogP contribution in [0, 0.1) is 6.92 Å². The average Bonchev–Trinajstić information content (AvgIpc) is 2.15. The standard InChI is InChI=1S/C9H6ClF3O2/c1-5-6(8(14)15-10)3-2-4-7(5)9(11,12)13/h2-4H,1H3. The van der Waals surface area contributed by atoms with E-state index in [2.05, 4.69) is 4.29 Å². The molecule has 0 spiro atoms. The molecule has 82 valence electrons. The summed E-state index contributed by atoms with van der Waals surface area (Å²) in [7, 11) is 0. The molecule has 0 radical (unpaired) electrons. The molecule has 1 rings (SSSR count). The molecule has 0 aromatic heterocycles. The number of carbonyl (C=O) groups excluding carboxylic acids is 1. The number of hydrogen-bond donors (Lipinski definition) is 0. The minimum atomic E-state index is -4.49. The molecule has 0 heterocycles. The summed E-state index contributed by atoms with van der Waals surface area (Å²) in [5.41, 5.74) is -1.27. The van der Waals surface area contributed by atoms with E-state index in [-0.39, 0.29) is 11.1 Å². The highest BCUT2D eigenvalue weighted by atomic mass is 35.5. The molecular formula is C9H6ClF3O2.